The second kappa shape index (κ2) is 6.53. The number of hydrogen-bond acceptors (Lipinski definition) is 6. The van der Waals surface area contributed by atoms with Gasteiger partial charge in [0, 0.05) is 37.4 Å². The van der Waals surface area contributed by atoms with Crippen molar-refractivity contribution >= 4 is 48.4 Å². The molecule has 0 amide bonds. The number of thiazole rings is 1. The molecule has 2 aromatic heterocycles. The molecule has 25 heavy (non-hydrogen) atoms. The van der Waals surface area contributed by atoms with Crippen molar-refractivity contribution in [2.45, 2.75) is 4.90 Å². The van der Waals surface area contributed by atoms with Crippen LogP contribution in [-0.2, 0) is 10.0 Å². The summed E-state index contributed by atoms with van der Waals surface area (Å²) in [6.07, 6.45) is 1.75. The lowest BCUT2D eigenvalue weighted by molar-refractivity contribution is 0.385. The van der Waals surface area contributed by atoms with Crippen LogP contribution in [0.5, 0.6) is 0 Å². The molecule has 6 nitrogen and oxygen atoms in total. The van der Waals surface area contributed by atoms with Crippen LogP contribution in [0.4, 0.5) is 5.13 Å². The third-order valence-electron chi connectivity index (χ3n) is 4.10. The molecule has 0 N–H and O–H groups in total. The number of piperazine rings is 1. The quantitative estimate of drug-likeness (QED) is 0.683. The first kappa shape index (κ1) is 16.7. The molecule has 3 heterocycles. The van der Waals surface area contributed by atoms with Crippen molar-refractivity contribution in [3.63, 3.8) is 0 Å². The summed E-state index contributed by atoms with van der Waals surface area (Å²) in [4.78, 5) is 12.1. The Hall–Kier alpha value is -1.74. The highest BCUT2D eigenvalue weighted by Crippen LogP contribution is 2.28. The molecule has 1 aromatic carbocycles. The van der Waals surface area contributed by atoms with E-state index in [4.69, 9.17) is 11.6 Å². The van der Waals surface area contributed by atoms with Gasteiger partial charge >= 0.3 is 0 Å². The minimum atomic E-state index is -3.52. The third-order valence-corrected chi connectivity index (χ3v) is 7.27. The van der Waals surface area contributed by atoms with Crippen LogP contribution in [0.1, 0.15) is 0 Å². The first-order chi connectivity index (χ1) is 12.0. The molecule has 4 rings (SSSR count). The van der Waals surface area contributed by atoms with Crippen molar-refractivity contribution in [1.82, 2.24) is 14.3 Å². The van der Waals surface area contributed by atoms with Crippen LogP contribution in [0.2, 0.25) is 5.02 Å². The molecule has 0 atom stereocenters. The molecular formula is C16H15ClN4O2S2. The van der Waals surface area contributed by atoms with E-state index in [2.05, 4.69) is 14.9 Å². The molecule has 1 saturated heterocycles. The first-order valence-electron chi connectivity index (χ1n) is 7.76. The minimum Gasteiger partial charge on any atom is -0.345 e. The molecule has 9 heteroatoms. The Bertz CT molecular complexity index is 981. The minimum absolute atomic E-state index is 0.234. The Kier molecular flexibility index (Phi) is 4.36. The van der Waals surface area contributed by atoms with Crippen molar-refractivity contribution in [3.8, 4) is 0 Å². The van der Waals surface area contributed by atoms with Gasteiger partial charge in [-0.25, -0.2) is 18.4 Å². The first-order valence-corrected chi connectivity index (χ1v) is 10.4. The fourth-order valence-electron chi connectivity index (χ4n) is 2.79. The van der Waals surface area contributed by atoms with Gasteiger partial charge in [-0.1, -0.05) is 29.0 Å². The number of halogens is 1. The van der Waals surface area contributed by atoms with Gasteiger partial charge in [-0.3, -0.25) is 0 Å². The summed E-state index contributed by atoms with van der Waals surface area (Å²) < 4.78 is 27.0. The molecule has 0 spiro atoms. The van der Waals surface area contributed by atoms with E-state index in [0.717, 1.165) is 15.5 Å². The molecule has 1 aliphatic heterocycles. The van der Waals surface area contributed by atoms with E-state index in [1.807, 2.05) is 12.1 Å². The van der Waals surface area contributed by atoms with Crippen LogP contribution in [0, 0.1) is 0 Å². The summed E-state index contributed by atoms with van der Waals surface area (Å²) in [5.74, 6) is 0. The predicted molar refractivity (Wildman–Crippen MR) is 99.8 cm³/mol. The fourth-order valence-corrected chi connectivity index (χ4v) is 5.47. The molecule has 0 radical (unpaired) electrons. The number of anilines is 1. The van der Waals surface area contributed by atoms with E-state index in [-0.39, 0.29) is 4.90 Å². The maximum atomic E-state index is 12.7. The topological polar surface area (TPSA) is 66.4 Å². The molecule has 0 unspecified atom stereocenters. The lowest BCUT2D eigenvalue weighted by atomic mass is 10.4. The smallest absolute Gasteiger partial charge is 0.243 e. The van der Waals surface area contributed by atoms with E-state index in [0.29, 0.717) is 31.2 Å². The Balaban J connectivity index is 1.51. The van der Waals surface area contributed by atoms with Gasteiger partial charge in [-0.15, -0.1) is 0 Å². The van der Waals surface area contributed by atoms with Gasteiger partial charge in [0.25, 0.3) is 0 Å². The number of aromatic nitrogens is 2. The number of hydrogen-bond donors (Lipinski definition) is 0. The average molecular weight is 395 g/mol. The summed E-state index contributed by atoms with van der Waals surface area (Å²) in [6.45, 7) is 2.02. The highest BCUT2D eigenvalue weighted by Gasteiger charge is 2.29. The van der Waals surface area contributed by atoms with Crippen molar-refractivity contribution in [2.24, 2.45) is 0 Å². The van der Waals surface area contributed by atoms with Crippen LogP contribution >= 0.6 is 22.9 Å². The van der Waals surface area contributed by atoms with Gasteiger partial charge in [0.05, 0.1) is 4.90 Å². The molecule has 130 valence electrons. The van der Waals surface area contributed by atoms with Gasteiger partial charge in [0.1, 0.15) is 10.3 Å². The Morgan fingerprint density at radius 2 is 1.88 bits per heavy atom. The highest BCUT2D eigenvalue weighted by molar-refractivity contribution is 7.89. The second-order valence-electron chi connectivity index (χ2n) is 5.67. The maximum Gasteiger partial charge on any atom is 0.243 e. The number of sulfonamides is 1. The van der Waals surface area contributed by atoms with E-state index in [1.54, 1.807) is 24.4 Å². The highest BCUT2D eigenvalue weighted by atomic mass is 35.5. The van der Waals surface area contributed by atoms with Gasteiger partial charge in [0.2, 0.25) is 10.0 Å². The molecule has 1 aliphatic rings. The molecule has 0 aliphatic carbocycles. The normalized spacial score (nSPS) is 16.4. The van der Waals surface area contributed by atoms with Crippen molar-refractivity contribution in [1.29, 1.82) is 0 Å². The number of benzene rings is 1. The number of fused-ring (bicyclic) bond motifs is 1. The van der Waals surface area contributed by atoms with E-state index >= 15 is 0 Å². The Morgan fingerprint density at radius 1 is 1.08 bits per heavy atom. The summed E-state index contributed by atoms with van der Waals surface area (Å²) in [7, 11) is -3.52. The zero-order valence-corrected chi connectivity index (χ0v) is 15.6. The standard InChI is InChI=1S/C16H15ClN4O2S2/c17-12-3-1-4-13(11-12)25(22,23)21-9-7-20(8-10-21)16-19-14-5-2-6-18-15(14)24-16/h1-6,11H,7-10H2. The van der Waals surface area contributed by atoms with Gasteiger partial charge in [-0.05, 0) is 30.3 Å². The third kappa shape index (κ3) is 3.22. The SMILES string of the molecule is O=S(=O)(c1cccc(Cl)c1)N1CCN(c2nc3cccnc3s2)CC1. The maximum absolute atomic E-state index is 12.7. The number of pyridine rings is 1. The van der Waals surface area contributed by atoms with Crippen molar-refractivity contribution in [2.75, 3.05) is 31.1 Å². The van der Waals surface area contributed by atoms with Gasteiger partial charge in [0.15, 0.2) is 5.13 Å². The van der Waals surface area contributed by atoms with Crippen LogP contribution in [0.25, 0.3) is 10.3 Å². The van der Waals surface area contributed by atoms with E-state index < -0.39 is 10.0 Å². The summed E-state index contributed by atoms with van der Waals surface area (Å²) in [6, 6.07) is 10.2. The van der Waals surface area contributed by atoms with Crippen molar-refractivity contribution < 1.29 is 8.42 Å². The van der Waals surface area contributed by atoms with Gasteiger partial charge < -0.3 is 4.90 Å². The van der Waals surface area contributed by atoms with Crippen LogP contribution in [-0.4, -0.2) is 48.9 Å². The Labute approximate surface area is 154 Å². The largest absolute Gasteiger partial charge is 0.345 e. The Morgan fingerprint density at radius 3 is 2.60 bits per heavy atom. The lowest BCUT2D eigenvalue weighted by Crippen LogP contribution is -2.48. The van der Waals surface area contributed by atoms with E-state index in [9.17, 15) is 8.42 Å². The summed E-state index contributed by atoms with van der Waals surface area (Å²) >= 11 is 7.46. The van der Waals surface area contributed by atoms with Gasteiger partial charge in [-0.2, -0.15) is 4.31 Å². The molecule has 1 fully saturated rings. The summed E-state index contributed by atoms with van der Waals surface area (Å²) in [5, 5.41) is 1.30. The predicted octanol–water partition coefficient (Wildman–Crippen LogP) is 2.86. The summed E-state index contributed by atoms with van der Waals surface area (Å²) in [5.41, 5.74) is 0.872. The number of rotatable bonds is 3. The lowest BCUT2D eigenvalue weighted by Gasteiger charge is -2.33. The van der Waals surface area contributed by atoms with Crippen LogP contribution < -0.4 is 4.90 Å². The van der Waals surface area contributed by atoms with E-state index in [1.165, 1.54) is 21.7 Å². The molecule has 0 saturated carbocycles. The molecule has 3 aromatic rings. The zero-order valence-electron chi connectivity index (χ0n) is 13.2. The second-order valence-corrected chi connectivity index (χ2v) is 9.00. The monoisotopic (exact) mass is 394 g/mol. The molecule has 0 bridgehead atoms. The molecular weight excluding hydrogens is 380 g/mol. The zero-order chi connectivity index (χ0) is 17.4. The fraction of sp³-hybridized carbons (Fsp3) is 0.250. The number of nitrogens with zero attached hydrogens (tertiary/aromatic N) is 4. The van der Waals surface area contributed by atoms with Crippen LogP contribution in [0.3, 0.4) is 0 Å². The van der Waals surface area contributed by atoms with Crippen LogP contribution in [0.15, 0.2) is 47.5 Å². The van der Waals surface area contributed by atoms with Crippen molar-refractivity contribution in [3.05, 3.63) is 47.6 Å². The average Bonchev–Trinajstić information content (AvgIpc) is 3.06.